The van der Waals surface area contributed by atoms with Gasteiger partial charge in [0.2, 0.25) is 5.82 Å². The molecule has 1 N–H and O–H groups in total. The highest BCUT2D eigenvalue weighted by Gasteiger charge is 2.22. The molecule has 2 aromatic carbocycles. The van der Waals surface area contributed by atoms with Gasteiger partial charge in [0.1, 0.15) is 11.3 Å². The Hall–Kier alpha value is -3.39. The summed E-state index contributed by atoms with van der Waals surface area (Å²) < 4.78 is 29.2. The van der Waals surface area contributed by atoms with Gasteiger partial charge in [0, 0.05) is 5.02 Å². The Bertz CT molecular complexity index is 1000. The molecular weight excluding hydrogens is 391 g/mol. The number of rotatable bonds is 6. The molecule has 9 heteroatoms. The van der Waals surface area contributed by atoms with E-state index in [9.17, 15) is 14.3 Å². The van der Waals surface area contributed by atoms with Crippen LogP contribution < -0.4 is 14.2 Å². The Morgan fingerprint density at radius 2 is 1.64 bits per heavy atom. The fourth-order valence-electron chi connectivity index (χ4n) is 2.51. The summed E-state index contributed by atoms with van der Waals surface area (Å²) in [5, 5.41) is 10.3. The number of benzene rings is 2. The topological polar surface area (TPSA) is 90.8 Å². The maximum Gasteiger partial charge on any atom is 0.340 e. The molecule has 1 aromatic heterocycles. The van der Waals surface area contributed by atoms with E-state index in [1.54, 1.807) is 36.4 Å². The highest BCUT2D eigenvalue weighted by Crippen LogP contribution is 2.34. The van der Waals surface area contributed by atoms with Gasteiger partial charge in [-0.2, -0.15) is 14.4 Å². The van der Waals surface area contributed by atoms with Gasteiger partial charge in [-0.15, -0.1) is 0 Å². The number of aromatic carboxylic acids is 1. The molecule has 0 aliphatic carbocycles. The van der Waals surface area contributed by atoms with Crippen molar-refractivity contribution in [3.05, 3.63) is 58.9 Å². The standard InChI is InChI=1S/C19H14ClFN2O5/c1-26-16-15(21)17(27-2)23-19(22-16)28-13-5-3-4-12(14(13)18(24)25)10-6-8-11(20)9-7-10/h3-9H,1-2H3,(H,24,25). The Balaban J connectivity index is 2.09. The number of carbonyl (C=O) groups is 1. The maximum atomic E-state index is 14.0. The molecule has 0 aliphatic heterocycles. The Kier molecular flexibility index (Phi) is 5.60. The number of hydrogen-bond acceptors (Lipinski definition) is 6. The van der Waals surface area contributed by atoms with Gasteiger partial charge >= 0.3 is 12.0 Å². The first-order valence-electron chi connectivity index (χ1n) is 7.90. The van der Waals surface area contributed by atoms with E-state index in [0.717, 1.165) is 0 Å². The van der Waals surface area contributed by atoms with Gasteiger partial charge in [0.15, 0.2) is 0 Å². The molecule has 0 fully saturated rings. The molecule has 0 spiro atoms. The molecule has 0 unspecified atom stereocenters. The van der Waals surface area contributed by atoms with Gasteiger partial charge in [-0.3, -0.25) is 0 Å². The summed E-state index contributed by atoms with van der Waals surface area (Å²) in [7, 11) is 2.44. The fraction of sp³-hybridized carbons (Fsp3) is 0.105. The Labute approximate surface area is 164 Å². The van der Waals surface area contributed by atoms with Crippen molar-refractivity contribution in [2.24, 2.45) is 0 Å². The zero-order valence-corrected chi connectivity index (χ0v) is 15.5. The number of aromatic nitrogens is 2. The minimum Gasteiger partial charge on any atom is -0.479 e. The monoisotopic (exact) mass is 404 g/mol. The van der Waals surface area contributed by atoms with E-state index < -0.39 is 23.5 Å². The van der Waals surface area contributed by atoms with Crippen molar-refractivity contribution in [3.63, 3.8) is 0 Å². The van der Waals surface area contributed by atoms with Crippen molar-refractivity contribution in [1.29, 1.82) is 0 Å². The lowest BCUT2D eigenvalue weighted by Gasteiger charge is -2.13. The van der Waals surface area contributed by atoms with Crippen molar-refractivity contribution >= 4 is 17.6 Å². The number of methoxy groups -OCH3 is 2. The molecule has 0 bridgehead atoms. The highest BCUT2D eigenvalue weighted by atomic mass is 35.5. The van der Waals surface area contributed by atoms with Crippen LogP contribution in [0.3, 0.4) is 0 Å². The van der Waals surface area contributed by atoms with Crippen LogP contribution in [0, 0.1) is 5.82 Å². The third-order valence-electron chi connectivity index (χ3n) is 3.75. The second kappa shape index (κ2) is 8.10. The van der Waals surface area contributed by atoms with Gasteiger partial charge in [0.05, 0.1) is 14.2 Å². The van der Waals surface area contributed by atoms with Crippen LogP contribution in [0.15, 0.2) is 42.5 Å². The summed E-state index contributed by atoms with van der Waals surface area (Å²) in [6.45, 7) is 0. The van der Waals surface area contributed by atoms with Gasteiger partial charge in [0.25, 0.3) is 11.8 Å². The number of nitrogens with zero attached hydrogens (tertiary/aromatic N) is 2. The van der Waals surface area contributed by atoms with Gasteiger partial charge in [-0.05, 0) is 29.3 Å². The summed E-state index contributed by atoms with van der Waals surface area (Å²) in [5.74, 6) is -2.94. The summed E-state index contributed by atoms with van der Waals surface area (Å²) in [6.07, 6.45) is 0. The second-order valence-corrected chi connectivity index (χ2v) is 5.87. The van der Waals surface area contributed by atoms with E-state index in [0.29, 0.717) is 16.1 Å². The molecule has 3 aromatic rings. The number of halogens is 2. The van der Waals surface area contributed by atoms with Crippen LogP contribution in [0.1, 0.15) is 10.4 Å². The molecule has 0 saturated heterocycles. The van der Waals surface area contributed by atoms with Crippen LogP contribution in [0.25, 0.3) is 11.1 Å². The van der Waals surface area contributed by atoms with Gasteiger partial charge < -0.3 is 19.3 Å². The minimum atomic E-state index is -1.22. The molecule has 3 rings (SSSR count). The largest absolute Gasteiger partial charge is 0.479 e. The molecule has 28 heavy (non-hydrogen) atoms. The summed E-state index contributed by atoms with van der Waals surface area (Å²) in [6, 6.07) is 11.0. The lowest BCUT2D eigenvalue weighted by atomic mass is 9.99. The van der Waals surface area contributed by atoms with E-state index in [1.807, 2.05) is 0 Å². The number of carboxylic acids is 1. The van der Waals surface area contributed by atoms with E-state index in [2.05, 4.69) is 9.97 Å². The minimum absolute atomic E-state index is 0.0318. The first kappa shape index (κ1) is 19.4. The lowest BCUT2D eigenvalue weighted by molar-refractivity contribution is 0.0695. The number of ether oxygens (including phenoxy) is 3. The molecule has 0 saturated carbocycles. The average Bonchev–Trinajstić information content (AvgIpc) is 2.69. The normalized spacial score (nSPS) is 10.4. The Morgan fingerprint density at radius 1 is 1.04 bits per heavy atom. The first-order valence-corrected chi connectivity index (χ1v) is 8.28. The van der Waals surface area contributed by atoms with Crippen LogP contribution in [0.5, 0.6) is 23.5 Å². The van der Waals surface area contributed by atoms with Crippen LogP contribution in [0.2, 0.25) is 5.02 Å². The molecule has 0 radical (unpaired) electrons. The zero-order valence-electron chi connectivity index (χ0n) is 14.8. The molecule has 0 atom stereocenters. The van der Waals surface area contributed by atoms with E-state index >= 15 is 0 Å². The highest BCUT2D eigenvalue weighted by molar-refractivity contribution is 6.30. The predicted octanol–water partition coefficient (Wildman–Crippen LogP) is 4.44. The molecule has 0 aliphatic rings. The summed E-state index contributed by atoms with van der Waals surface area (Å²) in [5.41, 5.74) is 0.917. The van der Waals surface area contributed by atoms with Gasteiger partial charge in [-0.1, -0.05) is 35.9 Å². The zero-order chi connectivity index (χ0) is 20.3. The van der Waals surface area contributed by atoms with Gasteiger partial charge in [-0.25, -0.2) is 4.79 Å². The van der Waals surface area contributed by atoms with Crippen LogP contribution >= 0.6 is 11.6 Å². The fourth-order valence-corrected chi connectivity index (χ4v) is 2.64. The van der Waals surface area contributed by atoms with Crippen molar-refractivity contribution in [2.75, 3.05) is 14.2 Å². The third-order valence-corrected chi connectivity index (χ3v) is 4.01. The molecule has 7 nitrogen and oxygen atoms in total. The van der Waals surface area contributed by atoms with E-state index in [4.69, 9.17) is 25.8 Å². The van der Waals surface area contributed by atoms with E-state index in [1.165, 1.54) is 20.3 Å². The maximum absolute atomic E-state index is 14.0. The number of carboxylic acid groups (broad SMARTS) is 1. The van der Waals surface area contributed by atoms with Crippen LogP contribution in [-0.2, 0) is 0 Å². The van der Waals surface area contributed by atoms with Crippen molar-refractivity contribution in [3.8, 4) is 34.6 Å². The lowest BCUT2D eigenvalue weighted by Crippen LogP contribution is -2.06. The Morgan fingerprint density at radius 3 is 2.18 bits per heavy atom. The molecule has 1 heterocycles. The SMILES string of the molecule is COc1nc(Oc2cccc(-c3ccc(Cl)cc3)c2C(=O)O)nc(OC)c1F. The number of hydrogen-bond donors (Lipinski definition) is 1. The summed E-state index contributed by atoms with van der Waals surface area (Å²) >= 11 is 5.90. The van der Waals surface area contributed by atoms with Crippen molar-refractivity contribution in [2.45, 2.75) is 0 Å². The third kappa shape index (κ3) is 3.81. The van der Waals surface area contributed by atoms with E-state index in [-0.39, 0.29) is 17.3 Å². The quantitative estimate of drug-likeness (QED) is 0.649. The molecule has 0 amide bonds. The van der Waals surface area contributed by atoms with Crippen LogP contribution in [-0.4, -0.2) is 35.3 Å². The molecule has 144 valence electrons. The summed E-state index contributed by atoms with van der Waals surface area (Å²) in [4.78, 5) is 19.5. The smallest absolute Gasteiger partial charge is 0.340 e. The molecular formula is C19H14ClFN2O5. The second-order valence-electron chi connectivity index (χ2n) is 5.43. The predicted molar refractivity (Wildman–Crippen MR) is 99.0 cm³/mol. The average molecular weight is 405 g/mol. The first-order chi connectivity index (χ1) is 13.4. The van der Waals surface area contributed by atoms with Crippen molar-refractivity contribution in [1.82, 2.24) is 9.97 Å². The van der Waals surface area contributed by atoms with Crippen LogP contribution in [0.4, 0.5) is 4.39 Å². The van der Waals surface area contributed by atoms with Crippen molar-refractivity contribution < 1.29 is 28.5 Å².